The summed E-state index contributed by atoms with van der Waals surface area (Å²) in [4.78, 5) is 14.4. The third-order valence-corrected chi connectivity index (χ3v) is 3.85. The Hall–Kier alpha value is -1.35. The van der Waals surface area contributed by atoms with Gasteiger partial charge in [-0.25, -0.2) is 0 Å². The van der Waals surface area contributed by atoms with Gasteiger partial charge in [0, 0.05) is 12.1 Å². The third kappa shape index (κ3) is 1.93. The highest BCUT2D eigenvalue weighted by atomic mass is 16.2. The molecule has 0 radical (unpaired) electrons. The number of rotatable bonds is 4. The van der Waals surface area contributed by atoms with E-state index in [9.17, 15) is 4.79 Å². The fourth-order valence-corrected chi connectivity index (χ4v) is 2.63. The molecular formula is C15H22N2O. The second-order valence-corrected chi connectivity index (χ2v) is 5.01. The summed E-state index contributed by atoms with van der Waals surface area (Å²) < 4.78 is 0. The van der Waals surface area contributed by atoms with Crippen molar-refractivity contribution in [3.63, 3.8) is 0 Å². The van der Waals surface area contributed by atoms with Crippen LogP contribution in [0, 0.1) is 13.8 Å². The van der Waals surface area contributed by atoms with Gasteiger partial charge in [-0.15, -0.1) is 0 Å². The molecule has 1 unspecified atom stereocenters. The van der Waals surface area contributed by atoms with Crippen molar-refractivity contribution < 1.29 is 4.79 Å². The van der Waals surface area contributed by atoms with Crippen LogP contribution in [0.4, 0.5) is 5.69 Å². The molecule has 1 amide bonds. The first-order valence-corrected chi connectivity index (χ1v) is 6.70. The first kappa shape index (κ1) is 13.1. The number of fused-ring (bicyclic) bond motifs is 1. The van der Waals surface area contributed by atoms with Crippen molar-refractivity contribution in [2.24, 2.45) is 0 Å². The zero-order chi connectivity index (χ0) is 13.3. The summed E-state index contributed by atoms with van der Waals surface area (Å²) in [5, 5.41) is 3.13. The van der Waals surface area contributed by atoms with E-state index in [1.807, 2.05) is 11.9 Å². The number of nitrogens with one attached hydrogen (secondary N) is 1. The van der Waals surface area contributed by atoms with Crippen LogP contribution in [-0.4, -0.2) is 19.5 Å². The van der Waals surface area contributed by atoms with E-state index in [1.54, 1.807) is 0 Å². The molecule has 0 fully saturated rings. The zero-order valence-corrected chi connectivity index (χ0v) is 11.7. The van der Waals surface area contributed by atoms with E-state index in [2.05, 4.69) is 38.2 Å². The molecule has 1 aromatic carbocycles. The Morgan fingerprint density at radius 3 is 2.67 bits per heavy atom. The van der Waals surface area contributed by atoms with E-state index in [-0.39, 0.29) is 11.9 Å². The van der Waals surface area contributed by atoms with E-state index in [0.717, 1.165) is 30.6 Å². The van der Waals surface area contributed by atoms with E-state index < -0.39 is 0 Å². The number of anilines is 1. The van der Waals surface area contributed by atoms with Gasteiger partial charge >= 0.3 is 0 Å². The molecule has 0 bridgehead atoms. The fraction of sp³-hybridized carbons (Fsp3) is 0.533. The summed E-state index contributed by atoms with van der Waals surface area (Å²) in [6, 6.07) is 4.02. The normalized spacial score (nSPS) is 18.3. The molecule has 18 heavy (non-hydrogen) atoms. The average Bonchev–Trinajstić information content (AvgIpc) is 2.64. The number of likely N-dealkylation sites (N-methyl/N-ethyl adjacent to an activating group) is 1. The lowest BCUT2D eigenvalue weighted by molar-refractivity contribution is -0.119. The largest absolute Gasteiger partial charge is 0.310 e. The molecule has 2 rings (SSSR count). The number of carbonyl (C=O) groups excluding carboxylic acids is 1. The molecule has 1 atom stereocenters. The van der Waals surface area contributed by atoms with Gasteiger partial charge in [0.15, 0.2) is 0 Å². The van der Waals surface area contributed by atoms with Crippen LogP contribution in [0.2, 0.25) is 0 Å². The van der Waals surface area contributed by atoms with Crippen molar-refractivity contribution in [1.29, 1.82) is 0 Å². The molecule has 1 aliphatic heterocycles. The van der Waals surface area contributed by atoms with Crippen LogP contribution in [0.5, 0.6) is 0 Å². The van der Waals surface area contributed by atoms with Crippen LogP contribution < -0.4 is 10.2 Å². The van der Waals surface area contributed by atoms with E-state index in [0.29, 0.717) is 0 Å². The van der Waals surface area contributed by atoms with Crippen LogP contribution in [-0.2, 0) is 4.79 Å². The maximum atomic E-state index is 12.4. The maximum absolute atomic E-state index is 12.4. The molecule has 1 heterocycles. The van der Waals surface area contributed by atoms with Crippen LogP contribution >= 0.6 is 0 Å². The molecular weight excluding hydrogens is 224 g/mol. The number of nitrogens with zero attached hydrogens (tertiary/aromatic N) is 1. The molecule has 0 aliphatic carbocycles. The molecule has 1 aliphatic rings. The standard InChI is InChI=1S/C15H22N2O/c1-5-6-9-17-14-11(3)10(2)7-8-12(14)13(16-4)15(17)18/h7-8,13,16H,5-6,9H2,1-4H3. The van der Waals surface area contributed by atoms with Crippen molar-refractivity contribution in [1.82, 2.24) is 5.32 Å². The monoisotopic (exact) mass is 246 g/mol. The average molecular weight is 246 g/mol. The van der Waals surface area contributed by atoms with Gasteiger partial charge < -0.3 is 10.2 Å². The molecule has 0 spiro atoms. The molecule has 3 nitrogen and oxygen atoms in total. The van der Waals surface area contributed by atoms with Gasteiger partial charge in [-0.05, 0) is 38.4 Å². The topological polar surface area (TPSA) is 32.3 Å². The Labute approximate surface area is 109 Å². The highest BCUT2D eigenvalue weighted by molar-refractivity contribution is 6.05. The Bertz CT molecular complexity index is 468. The summed E-state index contributed by atoms with van der Waals surface area (Å²) in [6.07, 6.45) is 2.16. The number of benzene rings is 1. The van der Waals surface area contributed by atoms with Gasteiger partial charge in [0.25, 0.3) is 0 Å². The quantitative estimate of drug-likeness (QED) is 0.886. The summed E-state index contributed by atoms with van der Waals surface area (Å²) in [5.41, 5.74) is 4.74. The van der Waals surface area contributed by atoms with Crippen LogP contribution in [0.25, 0.3) is 0 Å². The van der Waals surface area contributed by atoms with Gasteiger partial charge in [0.05, 0.1) is 5.69 Å². The Balaban J connectivity index is 2.47. The molecule has 98 valence electrons. The second-order valence-electron chi connectivity index (χ2n) is 5.01. The first-order valence-electron chi connectivity index (χ1n) is 6.70. The molecule has 0 saturated carbocycles. The number of amides is 1. The van der Waals surface area contributed by atoms with Crippen LogP contribution in [0.3, 0.4) is 0 Å². The third-order valence-electron chi connectivity index (χ3n) is 3.85. The highest BCUT2D eigenvalue weighted by Crippen LogP contribution is 2.39. The van der Waals surface area contributed by atoms with E-state index in [1.165, 1.54) is 11.1 Å². The minimum atomic E-state index is -0.170. The first-order chi connectivity index (χ1) is 8.61. The molecule has 1 N–H and O–H groups in total. The fourth-order valence-electron chi connectivity index (χ4n) is 2.63. The smallest absolute Gasteiger partial charge is 0.248 e. The number of aryl methyl sites for hydroxylation is 1. The number of carbonyl (C=O) groups is 1. The summed E-state index contributed by atoms with van der Waals surface area (Å²) in [5.74, 6) is 0.189. The molecule has 0 saturated heterocycles. The Morgan fingerprint density at radius 2 is 2.06 bits per heavy atom. The minimum absolute atomic E-state index is 0.170. The lowest BCUT2D eigenvalue weighted by Gasteiger charge is -2.20. The van der Waals surface area contributed by atoms with Crippen molar-refractivity contribution >= 4 is 11.6 Å². The van der Waals surface area contributed by atoms with Crippen molar-refractivity contribution in [3.8, 4) is 0 Å². The predicted octanol–water partition coefficient (Wildman–Crippen LogP) is 2.71. The van der Waals surface area contributed by atoms with Gasteiger partial charge in [-0.2, -0.15) is 0 Å². The second kappa shape index (κ2) is 5.11. The van der Waals surface area contributed by atoms with Gasteiger partial charge in [-0.3, -0.25) is 4.79 Å². The lowest BCUT2D eigenvalue weighted by atomic mass is 10.0. The van der Waals surface area contributed by atoms with Gasteiger partial charge in [-0.1, -0.05) is 25.5 Å². The molecule has 1 aromatic rings. The maximum Gasteiger partial charge on any atom is 0.248 e. The van der Waals surface area contributed by atoms with Crippen LogP contribution in [0.15, 0.2) is 12.1 Å². The molecule has 0 aromatic heterocycles. The highest BCUT2D eigenvalue weighted by Gasteiger charge is 2.37. The zero-order valence-electron chi connectivity index (χ0n) is 11.7. The van der Waals surface area contributed by atoms with E-state index in [4.69, 9.17) is 0 Å². The predicted molar refractivity (Wildman–Crippen MR) is 75.0 cm³/mol. The number of unbranched alkanes of at least 4 members (excludes halogenated alkanes) is 1. The van der Waals surface area contributed by atoms with Gasteiger partial charge in [0.1, 0.15) is 6.04 Å². The number of hydrogen-bond acceptors (Lipinski definition) is 2. The van der Waals surface area contributed by atoms with Crippen molar-refractivity contribution in [2.75, 3.05) is 18.5 Å². The van der Waals surface area contributed by atoms with E-state index >= 15 is 0 Å². The Kier molecular flexibility index (Phi) is 3.71. The van der Waals surface area contributed by atoms with Gasteiger partial charge in [0.2, 0.25) is 5.91 Å². The summed E-state index contributed by atoms with van der Waals surface area (Å²) in [7, 11) is 1.85. The molecule has 3 heteroatoms. The number of hydrogen-bond donors (Lipinski definition) is 1. The Morgan fingerprint density at radius 1 is 1.33 bits per heavy atom. The van der Waals surface area contributed by atoms with Crippen LogP contribution in [0.1, 0.15) is 42.5 Å². The minimum Gasteiger partial charge on any atom is -0.310 e. The van der Waals surface area contributed by atoms with Crippen molar-refractivity contribution in [3.05, 3.63) is 28.8 Å². The summed E-state index contributed by atoms with van der Waals surface area (Å²) in [6.45, 7) is 7.19. The SMILES string of the molecule is CCCCN1C(=O)C(NC)c2ccc(C)c(C)c21. The van der Waals surface area contributed by atoms with Crippen molar-refractivity contribution in [2.45, 2.75) is 39.7 Å². The lowest BCUT2D eigenvalue weighted by Crippen LogP contribution is -2.34. The summed E-state index contributed by atoms with van der Waals surface area (Å²) >= 11 is 0.